The Hall–Kier alpha value is -1.12. The number of hydrogen-bond acceptors (Lipinski definition) is 1. The molecule has 0 spiro atoms. The summed E-state index contributed by atoms with van der Waals surface area (Å²) in [7, 11) is 0. The first-order chi connectivity index (χ1) is 5.88. The average molecular weight is 184 g/mol. The van der Waals surface area contributed by atoms with Crippen LogP contribution < -0.4 is 4.73 Å². The fourth-order valence-corrected chi connectivity index (χ4v) is 1.18. The summed E-state index contributed by atoms with van der Waals surface area (Å²) in [5.41, 5.74) is 0.802. The maximum Gasteiger partial charge on any atom is 0.258 e. The third-order valence-corrected chi connectivity index (χ3v) is 1.69. The van der Waals surface area contributed by atoms with Crippen LogP contribution in [-0.4, -0.2) is 5.21 Å². The minimum Gasteiger partial charge on any atom is -0.285 e. The molecule has 0 amide bonds. The Kier molecular flexibility index (Phi) is 2.55. The predicted octanol–water partition coefficient (Wildman–Crippen LogP) is 1.94. The quantitative estimate of drug-likeness (QED) is 0.523. The first kappa shape index (κ1) is 9.96. The maximum absolute atomic E-state index is 12.6. The Morgan fingerprint density at radius 2 is 2.00 bits per heavy atom. The lowest BCUT2D eigenvalue weighted by Crippen LogP contribution is -2.37. The van der Waals surface area contributed by atoms with E-state index in [0.717, 1.165) is 10.9 Å². The Morgan fingerprint density at radius 1 is 1.38 bits per heavy atom. The van der Waals surface area contributed by atoms with Gasteiger partial charge in [-0.3, -0.25) is 5.21 Å². The summed E-state index contributed by atoms with van der Waals surface area (Å²) in [6.45, 7) is 6.20. The molecule has 3 heteroatoms. The van der Waals surface area contributed by atoms with Gasteiger partial charge in [0.1, 0.15) is 0 Å². The standard InChI is InChI=1S/C10H15FNO/c1-10(2,3)6-9-5-4-8(11)7-12(9)13/h4-5,7,13H,6H2,1-3H3/q+1. The third kappa shape index (κ3) is 3.01. The van der Waals surface area contributed by atoms with E-state index in [1.54, 1.807) is 6.07 Å². The molecule has 0 radical (unpaired) electrons. The van der Waals surface area contributed by atoms with E-state index in [4.69, 9.17) is 0 Å². The van der Waals surface area contributed by atoms with Crippen LogP contribution in [0.3, 0.4) is 0 Å². The molecule has 2 nitrogen and oxygen atoms in total. The molecular formula is C10H15FNO+. The molecule has 0 fully saturated rings. The van der Waals surface area contributed by atoms with Crippen molar-refractivity contribution in [3.8, 4) is 0 Å². The van der Waals surface area contributed by atoms with Gasteiger partial charge in [-0.15, -0.1) is 0 Å². The highest BCUT2D eigenvalue weighted by Gasteiger charge is 2.19. The minimum atomic E-state index is -0.430. The molecule has 0 aromatic carbocycles. The van der Waals surface area contributed by atoms with Crippen molar-refractivity contribution in [2.45, 2.75) is 27.2 Å². The van der Waals surface area contributed by atoms with Crippen LogP contribution in [0.25, 0.3) is 0 Å². The predicted molar refractivity (Wildman–Crippen MR) is 46.9 cm³/mol. The number of aromatic nitrogens is 1. The van der Waals surface area contributed by atoms with Crippen LogP contribution in [-0.2, 0) is 6.42 Å². The maximum atomic E-state index is 12.6. The van der Waals surface area contributed by atoms with Gasteiger partial charge < -0.3 is 0 Å². The first-order valence-electron chi connectivity index (χ1n) is 4.28. The lowest BCUT2D eigenvalue weighted by atomic mass is 9.90. The second kappa shape index (κ2) is 3.32. The molecule has 13 heavy (non-hydrogen) atoms. The van der Waals surface area contributed by atoms with E-state index in [-0.39, 0.29) is 5.41 Å². The van der Waals surface area contributed by atoms with E-state index in [2.05, 4.69) is 20.8 Å². The molecule has 1 N–H and O–H groups in total. The van der Waals surface area contributed by atoms with Gasteiger partial charge in [0.15, 0.2) is 5.82 Å². The molecule has 1 heterocycles. The van der Waals surface area contributed by atoms with Crippen molar-refractivity contribution in [3.63, 3.8) is 0 Å². The summed E-state index contributed by atoms with van der Waals surface area (Å²) in [5, 5.41) is 9.33. The van der Waals surface area contributed by atoms with E-state index < -0.39 is 5.82 Å². The average Bonchev–Trinajstić information content (AvgIpc) is 1.93. The Bertz CT molecular complexity index is 304. The SMILES string of the molecule is CC(C)(C)Cc1ccc(F)c[n+]1O. The lowest BCUT2D eigenvalue weighted by Gasteiger charge is -2.14. The molecule has 1 rings (SSSR count). The van der Waals surface area contributed by atoms with Crippen LogP contribution in [0.5, 0.6) is 0 Å². The zero-order valence-corrected chi connectivity index (χ0v) is 8.21. The van der Waals surface area contributed by atoms with Gasteiger partial charge in [0, 0.05) is 17.2 Å². The highest BCUT2D eigenvalue weighted by atomic mass is 19.1. The molecule has 72 valence electrons. The molecule has 0 aliphatic rings. The van der Waals surface area contributed by atoms with Gasteiger partial charge in [-0.25, -0.2) is 4.39 Å². The molecule has 0 aliphatic heterocycles. The van der Waals surface area contributed by atoms with Crippen LogP contribution in [0.15, 0.2) is 18.3 Å². The summed E-state index contributed by atoms with van der Waals surface area (Å²) in [4.78, 5) is 0. The highest BCUT2D eigenvalue weighted by molar-refractivity contribution is 5.00. The van der Waals surface area contributed by atoms with Gasteiger partial charge in [-0.2, -0.15) is 0 Å². The second-order valence-corrected chi connectivity index (χ2v) is 4.42. The molecule has 0 saturated heterocycles. The number of hydrogen-bond donors (Lipinski definition) is 1. The van der Waals surface area contributed by atoms with Crippen molar-refractivity contribution < 1.29 is 14.3 Å². The molecule has 1 aromatic heterocycles. The third-order valence-electron chi connectivity index (χ3n) is 1.69. The summed E-state index contributed by atoms with van der Waals surface area (Å²) in [6, 6.07) is 2.95. The number of nitrogens with zero attached hydrogens (tertiary/aromatic N) is 1. The Morgan fingerprint density at radius 3 is 2.46 bits per heavy atom. The summed E-state index contributed by atoms with van der Waals surface area (Å²) < 4.78 is 13.4. The molecule has 0 atom stereocenters. The first-order valence-corrected chi connectivity index (χ1v) is 4.28. The van der Waals surface area contributed by atoms with Crippen LogP contribution in [0, 0.1) is 11.2 Å². The van der Waals surface area contributed by atoms with Crippen LogP contribution in [0.2, 0.25) is 0 Å². The monoisotopic (exact) mass is 184 g/mol. The fourth-order valence-electron chi connectivity index (χ4n) is 1.18. The van der Waals surface area contributed by atoms with Crippen LogP contribution >= 0.6 is 0 Å². The van der Waals surface area contributed by atoms with Crippen molar-refractivity contribution in [2.24, 2.45) is 5.41 Å². The largest absolute Gasteiger partial charge is 0.285 e. The lowest BCUT2D eigenvalue weighted by molar-refractivity contribution is -0.910. The van der Waals surface area contributed by atoms with Crippen molar-refractivity contribution in [2.75, 3.05) is 0 Å². The van der Waals surface area contributed by atoms with Crippen molar-refractivity contribution in [1.29, 1.82) is 0 Å². The van der Waals surface area contributed by atoms with Crippen LogP contribution in [0.4, 0.5) is 4.39 Å². The summed E-state index contributed by atoms with van der Waals surface area (Å²) in [5.74, 6) is -0.430. The van der Waals surface area contributed by atoms with E-state index >= 15 is 0 Å². The minimum absolute atomic E-state index is 0.0856. The normalized spacial score (nSPS) is 11.7. The van der Waals surface area contributed by atoms with Gasteiger partial charge in [0.05, 0.1) is 0 Å². The summed E-state index contributed by atoms with van der Waals surface area (Å²) in [6.07, 6.45) is 1.78. The van der Waals surface area contributed by atoms with E-state index in [1.807, 2.05) is 0 Å². The zero-order valence-electron chi connectivity index (χ0n) is 8.21. The van der Waals surface area contributed by atoms with Gasteiger partial charge in [0.2, 0.25) is 5.69 Å². The van der Waals surface area contributed by atoms with E-state index in [0.29, 0.717) is 12.1 Å². The Balaban J connectivity index is 2.90. The summed E-state index contributed by atoms with van der Waals surface area (Å²) >= 11 is 0. The van der Waals surface area contributed by atoms with Crippen LogP contribution in [0.1, 0.15) is 26.5 Å². The molecule has 0 bridgehead atoms. The van der Waals surface area contributed by atoms with Crippen molar-refractivity contribution >= 4 is 0 Å². The molecule has 1 aromatic rings. The van der Waals surface area contributed by atoms with E-state index in [9.17, 15) is 9.60 Å². The van der Waals surface area contributed by atoms with Gasteiger partial charge >= 0.3 is 0 Å². The van der Waals surface area contributed by atoms with Gasteiger partial charge in [0.25, 0.3) is 6.20 Å². The smallest absolute Gasteiger partial charge is 0.258 e. The number of halogens is 1. The number of pyridine rings is 1. The van der Waals surface area contributed by atoms with Crippen molar-refractivity contribution in [1.82, 2.24) is 0 Å². The zero-order chi connectivity index (χ0) is 10.1. The molecule has 0 unspecified atom stereocenters. The fraction of sp³-hybridized carbons (Fsp3) is 0.500. The Labute approximate surface area is 77.6 Å². The van der Waals surface area contributed by atoms with E-state index in [1.165, 1.54) is 6.07 Å². The molecule has 0 saturated carbocycles. The second-order valence-electron chi connectivity index (χ2n) is 4.42. The number of rotatable bonds is 1. The molecule has 0 aliphatic carbocycles. The topological polar surface area (TPSA) is 24.1 Å². The van der Waals surface area contributed by atoms with Gasteiger partial charge in [-0.1, -0.05) is 20.8 Å². The van der Waals surface area contributed by atoms with Crippen molar-refractivity contribution in [3.05, 3.63) is 29.8 Å². The highest BCUT2D eigenvalue weighted by Crippen LogP contribution is 2.18. The molecular weight excluding hydrogens is 169 g/mol. The van der Waals surface area contributed by atoms with Gasteiger partial charge in [-0.05, 0) is 11.5 Å².